The fraction of sp³-hybridized carbons (Fsp3) is 0.533. The highest BCUT2D eigenvalue weighted by Crippen LogP contribution is 2.25. The maximum Gasteiger partial charge on any atom is 0.101 e. The second-order valence-electron chi connectivity index (χ2n) is 4.49. The van der Waals surface area contributed by atoms with E-state index in [1.807, 2.05) is 12.1 Å². The first kappa shape index (κ1) is 14.9. The van der Waals surface area contributed by atoms with E-state index in [9.17, 15) is 5.26 Å². The van der Waals surface area contributed by atoms with Gasteiger partial charge in [-0.3, -0.25) is 0 Å². The number of halogens is 1. The van der Waals surface area contributed by atoms with Gasteiger partial charge in [-0.25, -0.2) is 0 Å². The van der Waals surface area contributed by atoms with Gasteiger partial charge in [0.2, 0.25) is 0 Å². The first-order valence-electron chi connectivity index (χ1n) is 6.60. The third-order valence-corrected chi connectivity index (χ3v) is 3.67. The minimum absolute atomic E-state index is 0.619. The largest absolute Gasteiger partial charge is 0.370 e. The van der Waals surface area contributed by atoms with Crippen LogP contribution in [0.1, 0.15) is 39.2 Å². The van der Waals surface area contributed by atoms with Gasteiger partial charge in [-0.15, -0.1) is 0 Å². The molecule has 0 atom stereocenters. The SMILES string of the molecule is CCC(CC)CN(CC)c1ccc(Cl)cc1C#N. The Morgan fingerprint density at radius 2 is 1.94 bits per heavy atom. The van der Waals surface area contributed by atoms with E-state index < -0.39 is 0 Å². The lowest BCUT2D eigenvalue weighted by Gasteiger charge is -2.28. The third-order valence-electron chi connectivity index (χ3n) is 3.43. The summed E-state index contributed by atoms with van der Waals surface area (Å²) < 4.78 is 0. The van der Waals surface area contributed by atoms with Crippen LogP contribution in [-0.2, 0) is 0 Å². The molecule has 3 heteroatoms. The molecule has 0 bridgehead atoms. The van der Waals surface area contributed by atoms with Gasteiger partial charge in [0, 0.05) is 18.1 Å². The van der Waals surface area contributed by atoms with Crippen LogP contribution < -0.4 is 4.90 Å². The fourth-order valence-corrected chi connectivity index (χ4v) is 2.30. The van der Waals surface area contributed by atoms with Crippen LogP contribution in [0.25, 0.3) is 0 Å². The van der Waals surface area contributed by atoms with Crippen molar-refractivity contribution in [3.8, 4) is 6.07 Å². The quantitative estimate of drug-likeness (QED) is 0.758. The van der Waals surface area contributed by atoms with E-state index in [-0.39, 0.29) is 0 Å². The second kappa shape index (κ2) is 7.28. The van der Waals surface area contributed by atoms with Gasteiger partial charge in [0.15, 0.2) is 0 Å². The third kappa shape index (κ3) is 3.65. The molecule has 0 spiro atoms. The Labute approximate surface area is 115 Å². The van der Waals surface area contributed by atoms with Crippen molar-refractivity contribution in [2.24, 2.45) is 5.92 Å². The number of rotatable bonds is 6. The molecule has 0 amide bonds. The van der Waals surface area contributed by atoms with Crippen molar-refractivity contribution in [2.45, 2.75) is 33.6 Å². The molecule has 0 aliphatic rings. The smallest absolute Gasteiger partial charge is 0.101 e. The molecule has 0 aliphatic carbocycles. The highest BCUT2D eigenvalue weighted by molar-refractivity contribution is 6.30. The highest BCUT2D eigenvalue weighted by Gasteiger charge is 2.14. The summed E-state index contributed by atoms with van der Waals surface area (Å²) in [6.07, 6.45) is 2.34. The van der Waals surface area contributed by atoms with Crippen molar-refractivity contribution in [1.82, 2.24) is 0 Å². The van der Waals surface area contributed by atoms with Gasteiger partial charge < -0.3 is 4.90 Å². The Hall–Kier alpha value is -1.20. The molecule has 1 rings (SSSR count). The predicted molar refractivity (Wildman–Crippen MR) is 78.1 cm³/mol. The number of nitrogens with zero attached hydrogens (tertiary/aromatic N) is 2. The fourth-order valence-electron chi connectivity index (χ4n) is 2.13. The molecule has 18 heavy (non-hydrogen) atoms. The van der Waals surface area contributed by atoms with Crippen LogP contribution in [0.3, 0.4) is 0 Å². The molecule has 0 aromatic heterocycles. The van der Waals surface area contributed by atoms with Crippen LogP contribution in [0.5, 0.6) is 0 Å². The summed E-state index contributed by atoms with van der Waals surface area (Å²) in [5.41, 5.74) is 1.66. The van der Waals surface area contributed by atoms with Crippen molar-refractivity contribution < 1.29 is 0 Å². The van der Waals surface area contributed by atoms with Crippen molar-refractivity contribution in [3.05, 3.63) is 28.8 Å². The van der Waals surface area contributed by atoms with Crippen LogP contribution in [-0.4, -0.2) is 13.1 Å². The maximum atomic E-state index is 9.20. The van der Waals surface area contributed by atoms with Gasteiger partial charge in [0.25, 0.3) is 0 Å². The van der Waals surface area contributed by atoms with Crippen molar-refractivity contribution in [1.29, 1.82) is 5.26 Å². The lowest BCUT2D eigenvalue weighted by atomic mass is 10.0. The predicted octanol–water partition coefficient (Wildman–Crippen LogP) is 4.47. The Kier molecular flexibility index (Phi) is 6.01. The summed E-state index contributed by atoms with van der Waals surface area (Å²) >= 11 is 5.93. The Morgan fingerprint density at radius 1 is 1.28 bits per heavy atom. The average Bonchev–Trinajstić information content (AvgIpc) is 2.41. The number of hydrogen-bond acceptors (Lipinski definition) is 2. The van der Waals surface area contributed by atoms with E-state index in [2.05, 4.69) is 31.7 Å². The summed E-state index contributed by atoms with van der Waals surface area (Å²) in [7, 11) is 0. The summed E-state index contributed by atoms with van der Waals surface area (Å²) in [4.78, 5) is 2.27. The Bertz CT molecular complexity index is 419. The van der Waals surface area contributed by atoms with Gasteiger partial charge in [-0.2, -0.15) is 5.26 Å². The Morgan fingerprint density at radius 3 is 2.44 bits per heavy atom. The minimum atomic E-state index is 0.619. The van der Waals surface area contributed by atoms with E-state index in [0.29, 0.717) is 16.5 Å². The monoisotopic (exact) mass is 264 g/mol. The van der Waals surface area contributed by atoms with E-state index in [1.165, 1.54) is 12.8 Å². The molecule has 98 valence electrons. The van der Waals surface area contributed by atoms with Crippen LogP contribution in [0.2, 0.25) is 5.02 Å². The van der Waals surface area contributed by atoms with Gasteiger partial charge in [0.05, 0.1) is 11.3 Å². The number of benzene rings is 1. The first-order chi connectivity index (χ1) is 8.65. The molecule has 0 aliphatic heterocycles. The lowest BCUT2D eigenvalue weighted by molar-refractivity contribution is 0.486. The van der Waals surface area contributed by atoms with Crippen molar-refractivity contribution in [2.75, 3.05) is 18.0 Å². The van der Waals surface area contributed by atoms with Crippen LogP contribution in [0.15, 0.2) is 18.2 Å². The van der Waals surface area contributed by atoms with Gasteiger partial charge in [-0.05, 0) is 31.0 Å². The first-order valence-corrected chi connectivity index (χ1v) is 6.98. The molecule has 1 aromatic rings. The lowest BCUT2D eigenvalue weighted by Crippen LogP contribution is -2.29. The van der Waals surface area contributed by atoms with Crippen LogP contribution >= 0.6 is 11.6 Å². The average molecular weight is 265 g/mol. The van der Waals surface area contributed by atoms with Crippen molar-refractivity contribution in [3.63, 3.8) is 0 Å². The molecule has 0 fully saturated rings. The minimum Gasteiger partial charge on any atom is -0.370 e. The van der Waals surface area contributed by atoms with E-state index in [4.69, 9.17) is 11.6 Å². The molecule has 2 nitrogen and oxygen atoms in total. The summed E-state index contributed by atoms with van der Waals surface area (Å²) in [6.45, 7) is 8.47. The van der Waals surface area contributed by atoms with E-state index >= 15 is 0 Å². The number of anilines is 1. The molecule has 0 saturated heterocycles. The van der Waals surface area contributed by atoms with E-state index in [1.54, 1.807) is 6.07 Å². The number of nitriles is 1. The molecule has 1 aromatic carbocycles. The standard InChI is InChI=1S/C15H21ClN2/c1-4-12(5-2)11-18(6-3)15-8-7-14(16)9-13(15)10-17/h7-9,12H,4-6,11H2,1-3H3. The molecule has 0 unspecified atom stereocenters. The van der Waals surface area contributed by atoms with Crippen LogP contribution in [0.4, 0.5) is 5.69 Å². The van der Waals surface area contributed by atoms with Gasteiger partial charge >= 0.3 is 0 Å². The zero-order valence-electron chi connectivity index (χ0n) is 11.4. The zero-order valence-corrected chi connectivity index (χ0v) is 12.2. The van der Waals surface area contributed by atoms with Crippen LogP contribution in [0, 0.1) is 17.2 Å². The molecule has 0 N–H and O–H groups in total. The molecular formula is C15H21ClN2. The molecule has 0 saturated carbocycles. The summed E-state index contributed by atoms with van der Waals surface area (Å²) in [5.74, 6) is 0.673. The summed E-state index contributed by atoms with van der Waals surface area (Å²) in [5, 5.41) is 9.82. The van der Waals surface area contributed by atoms with E-state index in [0.717, 1.165) is 18.8 Å². The second-order valence-corrected chi connectivity index (χ2v) is 4.93. The molecule has 0 radical (unpaired) electrons. The normalized spacial score (nSPS) is 10.4. The summed E-state index contributed by atoms with van der Waals surface area (Å²) in [6, 6.07) is 7.78. The van der Waals surface area contributed by atoms with Gasteiger partial charge in [-0.1, -0.05) is 38.3 Å². The topological polar surface area (TPSA) is 27.0 Å². The Balaban J connectivity index is 2.98. The maximum absolute atomic E-state index is 9.20. The number of hydrogen-bond donors (Lipinski definition) is 0. The zero-order chi connectivity index (χ0) is 13.5. The van der Waals surface area contributed by atoms with Crippen molar-refractivity contribution >= 4 is 17.3 Å². The highest BCUT2D eigenvalue weighted by atomic mass is 35.5. The van der Waals surface area contributed by atoms with Gasteiger partial charge in [0.1, 0.15) is 6.07 Å². The molecular weight excluding hydrogens is 244 g/mol. The molecule has 0 heterocycles.